The van der Waals surface area contributed by atoms with E-state index in [-0.39, 0.29) is 0 Å². The van der Waals surface area contributed by atoms with Gasteiger partial charge in [0.1, 0.15) is 12.1 Å². The van der Waals surface area contributed by atoms with E-state index in [1.54, 1.807) is 12.1 Å². The van der Waals surface area contributed by atoms with Crippen LogP contribution in [0, 0.1) is 5.82 Å². The molecule has 2 aromatic rings. The van der Waals surface area contributed by atoms with E-state index in [4.69, 9.17) is 0 Å². The quantitative estimate of drug-likeness (QED) is 0.856. The van der Waals surface area contributed by atoms with Gasteiger partial charge in [0, 0.05) is 37.7 Å². The van der Waals surface area contributed by atoms with Gasteiger partial charge in [-0.05, 0) is 12.1 Å². The average molecular weight is 348 g/mol. The number of benzene rings is 1. The minimum atomic E-state index is -0.619. The summed E-state index contributed by atoms with van der Waals surface area (Å²) in [4.78, 5) is 24.4. The number of carbonyl (C=O) groups excluding carboxylic acids is 1. The van der Waals surface area contributed by atoms with Gasteiger partial charge in [0.15, 0.2) is 0 Å². The van der Waals surface area contributed by atoms with Crippen molar-refractivity contribution in [3.8, 4) is 5.69 Å². The third kappa shape index (κ3) is 3.70. The summed E-state index contributed by atoms with van der Waals surface area (Å²) in [6.07, 6.45) is 3.28. The lowest BCUT2D eigenvalue weighted by Crippen LogP contribution is -2.35. The second kappa shape index (κ2) is 7.20. The Morgan fingerprint density at radius 1 is 1.36 bits per heavy atom. The van der Waals surface area contributed by atoms with Gasteiger partial charge in [0.25, 0.3) is 0 Å². The Bertz CT molecular complexity index is 848. The van der Waals surface area contributed by atoms with E-state index in [9.17, 15) is 14.0 Å². The van der Waals surface area contributed by atoms with Crippen molar-refractivity contribution in [2.24, 2.45) is 5.10 Å². The van der Waals surface area contributed by atoms with Gasteiger partial charge in [0.05, 0.1) is 24.7 Å². The molecule has 0 atom stereocenters. The van der Waals surface area contributed by atoms with Crippen LogP contribution in [0.4, 0.5) is 14.9 Å². The zero-order valence-electron chi connectivity index (χ0n) is 13.6. The number of hydrazone groups is 1. The molecule has 1 fully saturated rings. The molecule has 1 aliphatic rings. The maximum absolute atomic E-state index is 14.5. The van der Waals surface area contributed by atoms with Gasteiger partial charge in [-0.15, -0.1) is 0 Å². The monoisotopic (exact) mass is 348 g/mol. The lowest BCUT2D eigenvalue weighted by atomic mass is 10.1. The molecule has 0 unspecified atom stereocenters. The number of aromatic nitrogens is 1. The normalized spacial score (nSPS) is 14.3. The number of nitrogens with one attached hydrogen (secondary N) is 1. The van der Waals surface area contributed by atoms with Crippen molar-refractivity contribution in [2.45, 2.75) is 12.8 Å². The number of carbonyl (C=O) groups is 1. The number of anilines is 1. The van der Waals surface area contributed by atoms with Gasteiger partial charge < -0.3 is 14.1 Å². The van der Waals surface area contributed by atoms with E-state index in [1.807, 2.05) is 4.90 Å². The molecule has 132 valence electrons. The summed E-state index contributed by atoms with van der Waals surface area (Å²) in [5, 5.41) is 3.99. The Kier molecular flexibility index (Phi) is 4.82. The van der Waals surface area contributed by atoms with Gasteiger partial charge in [-0.3, -0.25) is 0 Å². The number of hydrogen-bond acceptors (Lipinski definition) is 6. The maximum atomic E-state index is 14.5. The Balaban J connectivity index is 1.69. The molecule has 0 radical (unpaired) electrons. The van der Waals surface area contributed by atoms with Crippen LogP contribution >= 0.6 is 0 Å². The number of rotatable bonds is 3. The molecule has 0 bridgehead atoms. The van der Waals surface area contributed by atoms with Gasteiger partial charge in [-0.1, -0.05) is 0 Å². The molecule has 1 N–H and O–H groups in total. The van der Waals surface area contributed by atoms with Crippen molar-refractivity contribution in [3.05, 3.63) is 47.0 Å². The van der Waals surface area contributed by atoms with E-state index < -0.39 is 17.7 Å². The molecule has 2 heterocycles. The Morgan fingerprint density at radius 2 is 2.12 bits per heavy atom. The smallest absolute Gasteiger partial charge is 0.427 e. The fourth-order valence-electron chi connectivity index (χ4n) is 2.65. The Hall–Kier alpha value is -3.10. The zero-order chi connectivity index (χ0) is 17.8. The fourth-order valence-corrected chi connectivity index (χ4v) is 2.65. The van der Waals surface area contributed by atoms with Gasteiger partial charge in [0.2, 0.25) is 0 Å². The van der Waals surface area contributed by atoms with E-state index >= 15 is 0 Å². The molecule has 0 saturated carbocycles. The van der Waals surface area contributed by atoms with E-state index in [2.05, 4.69) is 19.7 Å². The molecule has 1 aromatic heterocycles. The highest BCUT2D eigenvalue weighted by Crippen LogP contribution is 2.24. The largest absolute Gasteiger partial charge is 0.452 e. The van der Waals surface area contributed by atoms with Crippen molar-refractivity contribution in [2.75, 3.05) is 25.1 Å². The minimum absolute atomic E-state index is 0.404. The number of amides is 1. The van der Waals surface area contributed by atoms with Crippen molar-refractivity contribution in [3.63, 3.8) is 0 Å². The Labute approximate surface area is 142 Å². The zero-order valence-corrected chi connectivity index (χ0v) is 13.6. The molecular weight excluding hydrogens is 331 g/mol. The maximum Gasteiger partial charge on any atom is 0.427 e. The predicted octanol–water partition coefficient (Wildman–Crippen LogP) is 1.88. The highest BCUT2D eigenvalue weighted by molar-refractivity contribution is 5.87. The molecule has 9 heteroatoms. The first-order chi connectivity index (χ1) is 12.1. The molecule has 3 rings (SSSR count). The first-order valence-corrected chi connectivity index (χ1v) is 7.69. The predicted molar refractivity (Wildman–Crippen MR) is 88.7 cm³/mol. The summed E-state index contributed by atoms with van der Waals surface area (Å²) in [7, 11) is 1.27. The lowest BCUT2D eigenvalue weighted by molar-refractivity contribution is 0.171. The third-order valence-corrected chi connectivity index (χ3v) is 3.96. The molecule has 25 heavy (non-hydrogen) atoms. The van der Waals surface area contributed by atoms with E-state index in [0.29, 0.717) is 37.3 Å². The molecule has 1 aromatic carbocycles. The SMILES string of the molecule is COC(=O)NN=C1CCN(c2ccc(-n3ccoc3=O)cc2F)CC1. The Morgan fingerprint density at radius 3 is 2.72 bits per heavy atom. The molecule has 1 amide bonds. The van der Waals surface area contributed by atoms with Gasteiger partial charge in [-0.25, -0.2) is 24.0 Å². The summed E-state index contributed by atoms with van der Waals surface area (Å²) in [6.45, 7) is 1.15. The average Bonchev–Trinajstić information content (AvgIpc) is 3.06. The van der Waals surface area contributed by atoms with Crippen LogP contribution in [-0.4, -0.2) is 36.6 Å². The first kappa shape index (κ1) is 16.7. The lowest BCUT2D eigenvalue weighted by Gasteiger charge is -2.30. The fraction of sp³-hybridized carbons (Fsp3) is 0.312. The van der Waals surface area contributed by atoms with Crippen LogP contribution in [0.5, 0.6) is 0 Å². The summed E-state index contributed by atoms with van der Waals surface area (Å²) in [5.74, 6) is -0.984. The number of oxazole rings is 1. The standard InChI is InChI=1S/C16H17FN4O4/c1-24-15(22)19-18-11-4-6-20(7-5-11)14-3-2-12(10-13(14)17)21-8-9-25-16(21)23/h2-3,8-10H,4-7H2,1H3,(H,19,22). The first-order valence-electron chi connectivity index (χ1n) is 7.69. The van der Waals surface area contributed by atoms with Crippen molar-refractivity contribution in [1.82, 2.24) is 9.99 Å². The summed E-state index contributed by atoms with van der Waals surface area (Å²) in [6, 6.07) is 4.60. The van der Waals surface area contributed by atoms with Crippen LogP contribution in [-0.2, 0) is 4.74 Å². The number of ether oxygens (including phenoxy) is 1. The van der Waals surface area contributed by atoms with Crippen molar-refractivity contribution >= 4 is 17.5 Å². The van der Waals surface area contributed by atoms with Crippen LogP contribution < -0.4 is 16.1 Å². The summed E-state index contributed by atoms with van der Waals surface area (Å²) < 4.78 is 24.8. The van der Waals surface area contributed by atoms with Crippen LogP contribution in [0.3, 0.4) is 0 Å². The van der Waals surface area contributed by atoms with Crippen LogP contribution in [0.15, 0.2) is 45.0 Å². The topological polar surface area (TPSA) is 89.1 Å². The van der Waals surface area contributed by atoms with Crippen LogP contribution in [0.2, 0.25) is 0 Å². The second-order valence-corrected chi connectivity index (χ2v) is 5.44. The summed E-state index contributed by atoms with van der Waals surface area (Å²) in [5.41, 5.74) is 3.97. The summed E-state index contributed by atoms with van der Waals surface area (Å²) >= 11 is 0. The molecule has 1 aliphatic heterocycles. The van der Waals surface area contributed by atoms with E-state index in [0.717, 1.165) is 5.71 Å². The molecule has 0 spiro atoms. The molecule has 1 saturated heterocycles. The second-order valence-electron chi connectivity index (χ2n) is 5.44. The van der Waals surface area contributed by atoms with Gasteiger partial charge >= 0.3 is 11.8 Å². The number of halogens is 1. The number of methoxy groups -OCH3 is 1. The van der Waals surface area contributed by atoms with Crippen LogP contribution in [0.25, 0.3) is 5.69 Å². The number of piperidine rings is 1. The molecule has 8 nitrogen and oxygen atoms in total. The van der Waals surface area contributed by atoms with Crippen molar-refractivity contribution < 1.29 is 18.3 Å². The molecular formula is C16H17FN4O4. The highest BCUT2D eigenvalue weighted by Gasteiger charge is 2.19. The molecule has 0 aliphatic carbocycles. The minimum Gasteiger partial charge on any atom is -0.452 e. The van der Waals surface area contributed by atoms with Crippen molar-refractivity contribution in [1.29, 1.82) is 0 Å². The number of nitrogens with zero attached hydrogens (tertiary/aromatic N) is 3. The van der Waals surface area contributed by atoms with Gasteiger partial charge in [-0.2, -0.15) is 5.10 Å². The highest BCUT2D eigenvalue weighted by atomic mass is 19.1. The third-order valence-electron chi connectivity index (χ3n) is 3.96. The number of hydrogen-bond donors (Lipinski definition) is 1. The van der Waals surface area contributed by atoms with E-state index in [1.165, 1.54) is 30.2 Å². The van der Waals surface area contributed by atoms with Crippen LogP contribution in [0.1, 0.15) is 12.8 Å².